The largest absolute Gasteiger partial charge is 0.375 e. The second kappa shape index (κ2) is 8.07. The van der Waals surface area contributed by atoms with Crippen LogP contribution in [0.4, 0.5) is 5.69 Å². The van der Waals surface area contributed by atoms with Crippen LogP contribution in [0.5, 0.6) is 0 Å². The fourth-order valence-corrected chi connectivity index (χ4v) is 4.56. The molecule has 0 unspecified atom stereocenters. The maximum absolute atomic E-state index is 13.3. The summed E-state index contributed by atoms with van der Waals surface area (Å²) >= 11 is 6.95. The van der Waals surface area contributed by atoms with Crippen molar-refractivity contribution in [2.45, 2.75) is 29.0 Å². The number of halogens is 1. The summed E-state index contributed by atoms with van der Waals surface area (Å²) in [4.78, 5) is 0.726. The van der Waals surface area contributed by atoms with Gasteiger partial charge in [-0.2, -0.15) is 0 Å². The first-order valence-electron chi connectivity index (χ1n) is 8.52. The van der Waals surface area contributed by atoms with Crippen molar-refractivity contribution in [3.63, 3.8) is 0 Å². The topological polar surface area (TPSA) is 29.1 Å². The molecule has 0 aromatic heterocycles. The number of hydrogen-bond acceptors (Lipinski definition) is 2. The van der Waals surface area contributed by atoms with Crippen LogP contribution in [0.3, 0.4) is 0 Å². The molecule has 0 amide bonds. The first-order valence-corrected chi connectivity index (χ1v) is 10.1. The predicted molar refractivity (Wildman–Crippen MR) is 111 cm³/mol. The number of benzene rings is 3. The van der Waals surface area contributed by atoms with Crippen molar-refractivity contribution in [2.24, 2.45) is 0 Å². The summed E-state index contributed by atoms with van der Waals surface area (Å²) < 4.78 is 12.3. The number of aryl methyl sites for hydroxylation is 1. The van der Waals surface area contributed by atoms with Crippen molar-refractivity contribution in [3.8, 4) is 0 Å². The Morgan fingerprint density at radius 2 is 1.42 bits per heavy atom. The van der Waals surface area contributed by atoms with E-state index in [2.05, 4.69) is 5.32 Å². The van der Waals surface area contributed by atoms with Crippen LogP contribution < -0.4 is 5.32 Å². The van der Waals surface area contributed by atoms with Gasteiger partial charge in [-0.05, 0) is 43.7 Å². The average molecular weight is 384 g/mol. The molecule has 3 aromatic rings. The number of rotatable bonds is 6. The third-order valence-corrected chi connectivity index (χ3v) is 6.63. The van der Waals surface area contributed by atoms with E-state index in [1.807, 2.05) is 98.8 Å². The molecule has 0 spiro atoms. The van der Waals surface area contributed by atoms with Crippen molar-refractivity contribution >= 4 is 28.1 Å². The number of para-hydroxylation sites is 1. The quantitative estimate of drug-likeness (QED) is 0.536. The lowest BCUT2D eigenvalue weighted by atomic mass is 10.0. The first-order chi connectivity index (χ1) is 12.5. The fraction of sp³-hybridized carbons (Fsp3) is 0.182. The molecule has 0 heterocycles. The summed E-state index contributed by atoms with van der Waals surface area (Å²) in [6.07, 6.45) is 0. The van der Waals surface area contributed by atoms with E-state index in [0.717, 1.165) is 21.7 Å². The van der Waals surface area contributed by atoms with Gasteiger partial charge in [-0.15, -0.1) is 11.6 Å². The zero-order valence-electron chi connectivity index (χ0n) is 14.9. The van der Waals surface area contributed by atoms with Crippen molar-refractivity contribution in [3.05, 3.63) is 96.1 Å². The molecule has 0 aliphatic rings. The fourth-order valence-electron chi connectivity index (χ4n) is 2.86. The lowest BCUT2D eigenvalue weighted by Crippen LogP contribution is -2.36. The second-order valence-electron chi connectivity index (χ2n) is 6.42. The summed E-state index contributed by atoms with van der Waals surface area (Å²) in [5.41, 5.74) is 3.06. The summed E-state index contributed by atoms with van der Waals surface area (Å²) in [6.45, 7) is 3.84. The molecule has 0 bridgehead atoms. The van der Waals surface area contributed by atoms with Crippen LogP contribution in [0.2, 0.25) is 0 Å². The minimum atomic E-state index is -1.40. The summed E-state index contributed by atoms with van der Waals surface area (Å²) in [5.74, 6) is 0. The van der Waals surface area contributed by atoms with E-state index < -0.39 is 15.0 Å². The molecule has 0 saturated heterocycles. The highest BCUT2D eigenvalue weighted by Gasteiger charge is 2.40. The zero-order chi connectivity index (χ0) is 18.6. The van der Waals surface area contributed by atoms with Gasteiger partial charge in [0.2, 0.25) is 0 Å². The molecule has 3 atom stereocenters. The minimum Gasteiger partial charge on any atom is -0.375 e. The number of alkyl halides is 1. The standard InChI is InChI=1S/C22H22ClNOS/c1-17-13-15-20(16-14-17)26(25)22(2,23)21(18-9-5-3-6-10-18)24-19-11-7-4-8-12-19/h3-16,21,24H,1-2H3/t21-,22+,26-/m1/s1. The molecule has 2 nitrogen and oxygen atoms in total. The van der Waals surface area contributed by atoms with Crippen molar-refractivity contribution in [1.29, 1.82) is 0 Å². The Morgan fingerprint density at radius 3 is 2.00 bits per heavy atom. The maximum Gasteiger partial charge on any atom is 0.145 e. The van der Waals surface area contributed by atoms with Crippen LogP contribution in [0.25, 0.3) is 0 Å². The molecule has 0 aliphatic carbocycles. The van der Waals surface area contributed by atoms with Gasteiger partial charge >= 0.3 is 0 Å². The highest BCUT2D eigenvalue weighted by atomic mass is 35.5. The summed E-state index contributed by atoms with van der Waals surface area (Å²) in [6, 6.07) is 27.1. The van der Waals surface area contributed by atoms with Crippen LogP contribution in [0, 0.1) is 6.92 Å². The van der Waals surface area contributed by atoms with Crippen molar-refractivity contribution < 1.29 is 4.21 Å². The predicted octanol–water partition coefficient (Wildman–Crippen LogP) is 5.91. The van der Waals surface area contributed by atoms with Gasteiger partial charge in [0.25, 0.3) is 0 Å². The monoisotopic (exact) mass is 383 g/mol. The van der Waals surface area contributed by atoms with Crippen LogP contribution in [-0.4, -0.2) is 8.42 Å². The molecule has 134 valence electrons. The van der Waals surface area contributed by atoms with Gasteiger partial charge in [0.15, 0.2) is 0 Å². The van der Waals surface area contributed by atoms with Gasteiger partial charge in [-0.25, -0.2) is 0 Å². The minimum absolute atomic E-state index is 0.324. The van der Waals surface area contributed by atoms with E-state index >= 15 is 0 Å². The molecule has 0 aliphatic heterocycles. The van der Waals surface area contributed by atoms with E-state index in [1.165, 1.54) is 0 Å². The van der Waals surface area contributed by atoms with Crippen LogP contribution >= 0.6 is 11.6 Å². The van der Waals surface area contributed by atoms with E-state index in [-0.39, 0.29) is 6.04 Å². The summed E-state index contributed by atoms with van der Waals surface area (Å²) in [5, 5.41) is 3.47. The molecule has 0 fully saturated rings. The lowest BCUT2D eigenvalue weighted by molar-refractivity contribution is 0.635. The smallest absolute Gasteiger partial charge is 0.145 e. The van der Waals surface area contributed by atoms with E-state index in [9.17, 15) is 4.21 Å². The van der Waals surface area contributed by atoms with Gasteiger partial charge in [0.05, 0.1) is 16.8 Å². The van der Waals surface area contributed by atoms with Crippen LogP contribution in [0.1, 0.15) is 24.1 Å². The second-order valence-corrected chi connectivity index (χ2v) is 9.29. The van der Waals surface area contributed by atoms with Gasteiger partial charge in [-0.1, -0.05) is 66.2 Å². The highest BCUT2D eigenvalue weighted by molar-refractivity contribution is 7.88. The van der Waals surface area contributed by atoms with Crippen molar-refractivity contribution in [1.82, 2.24) is 0 Å². The molecule has 3 rings (SSSR count). The Bertz CT molecular complexity index is 864. The third-order valence-electron chi connectivity index (χ3n) is 4.33. The van der Waals surface area contributed by atoms with E-state index in [4.69, 9.17) is 11.6 Å². The Labute approximate surface area is 162 Å². The molecule has 0 radical (unpaired) electrons. The molecule has 1 N–H and O–H groups in total. The zero-order valence-corrected chi connectivity index (χ0v) is 16.4. The van der Waals surface area contributed by atoms with Crippen molar-refractivity contribution in [2.75, 3.05) is 5.32 Å². The van der Waals surface area contributed by atoms with Gasteiger partial charge < -0.3 is 5.32 Å². The Morgan fingerprint density at radius 1 is 0.885 bits per heavy atom. The van der Waals surface area contributed by atoms with E-state index in [1.54, 1.807) is 0 Å². The molecule has 0 saturated carbocycles. The maximum atomic E-state index is 13.3. The van der Waals surface area contributed by atoms with E-state index in [0.29, 0.717) is 0 Å². The summed E-state index contributed by atoms with van der Waals surface area (Å²) in [7, 11) is -1.40. The highest BCUT2D eigenvalue weighted by Crippen LogP contribution is 2.40. The number of nitrogens with one attached hydrogen (secondary N) is 1. The average Bonchev–Trinajstić information content (AvgIpc) is 2.67. The molecule has 3 aromatic carbocycles. The third kappa shape index (κ3) is 4.17. The Hall–Kier alpha value is -2.10. The van der Waals surface area contributed by atoms with Crippen LogP contribution in [0.15, 0.2) is 89.8 Å². The SMILES string of the molecule is Cc1ccc([S@@](=O)[C@](C)(Cl)[C@H](Nc2ccccc2)c2ccccc2)cc1. The molecule has 26 heavy (non-hydrogen) atoms. The molecular weight excluding hydrogens is 362 g/mol. The number of hydrogen-bond donors (Lipinski definition) is 1. The van der Waals surface area contributed by atoms with Gasteiger partial charge in [0, 0.05) is 10.6 Å². The molecular formula is C22H22ClNOS. The van der Waals surface area contributed by atoms with Gasteiger partial charge in [-0.3, -0.25) is 4.21 Å². The Balaban J connectivity index is 1.99. The molecule has 4 heteroatoms. The number of anilines is 1. The normalized spacial score (nSPS) is 15.7. The van der Waals surface area contributed by atoms with Gasteiger partial charge in [0.1, 0.15) is 4.21 Å². The van der Waals surface area contributed by atoms with Crippen LogP contribution in [-0.2, 0) is 10.8 Å². The lowest BCUT2D eigenvalue weighted by Gasteiger charge is -2.33. The Kier molecular flexibility index (Phi) is 5.80. The first kappa shape index (κ1) is 18.7.